The minimum atomic E-state index is -0.00188. The van der Waals surface area contributed by atoms with Crippen molar-refractivity contribution in [2.75, 3.05) is 19.6 Å². The van der Waals surface area contributed by atoms with Crippen molar-refractivity contribution >= 4 is 22.8 Å². The van der Waals surface area contributed by atoms with E-state index in [9.17, 15) is 4.79 Å². The number of amides is 1. The van der Waals surface area contributed by atoms with Gasteiger partial charge in [0.2, 0.25) is 5.91 Å². The lowest BCUT2D eigenvalue weighted by atomic mass is 10.1. The number of para-hydroxylation sites is 1. The lowest BCUT2D eigenvalue weighted by Crippen LogP contribution is -2.42. The molecule has 0 atom stereocenters. The molecule has 2 rings (SSSR count). The Hall–Kier alpha value is -2.50. The quantitative estimate of drug-likeness (QED) is 0.410. The maximum atomic E-state index is 11.5. The van der Waals surface area contributed by atoms with Gasteiger partial charge in [0.15, 0.2) is 5.96 Å². The van der Waals surface area contributed by atoms with Gasteiger partial charge in [-0.05, 0) is 19.9 Å². The molecule has 0 aliphatic heterocycles. The second-order valence-electron chi connectivity index (χ2n) is 6.21. The summed E-state index contributed by atoms with van der Waals surface area (Å²) in [6.45, 7) is 10.2. The third-order valence-corrected chi connectivity index (χ3v) is 3.91. The molecule has 136 valence electrons. The fourth-order valence-electron chi connectivity index (χ4n) is 2.44. The third kappa shape index (κ3) is 5.24. The summed E-state index contributed by atoms with van der Waals surface area (Å²) in [6.07, 6.45) is 0. The molecule has 6 nitrogen and oxygen atoms in total. The number of furan rings is 1. The maximum absolute atomic E-state index is 11.5. The third-order valence-electron chi connectivity index (χ3n) is 3.91. The Kier molecular flexibility index (Phi) is 6.86. The summed E-state index contributed by atoms with van der Waals surface area (Å²) in [5.41, 5.74) is 2.01. The van der Waals surface area contributed by atoms with Crippen LogP contribution in [-0.4, -0.2) is 31.5 Å². The van der Waals surface area contributed by atoms with Crippen molar-refractivity contribution in [3.63, 3.8) is 0 Å². The first-order valence-electron chi connectivity index (χ1n) is 8.79. The van der Waals surface area contributed by atoms with Gasteiger partial charge in [0.05, 0.1) is 0 Å². The summed E-state index contributed by atoms with van der Waals surface area (Å²) in [5.74, 6) is 1.63. The summed E-state index contributed by atoms with van der Waals surface area (Å²) in [6, 6.07) is 8.00. The van der Waals surface area contributed by atoms with E-state index in [2.05, 4.69) is 33.9 Å². The molecule has 1 amide bonds. The minimum Gasteiger partial charge on any atom is -0.459 e. The van der Waals surface area contributed by atoms with Crippen LogP contribution >= 0.6 is 0 Å². The van der Waals surface area contributed by atoms with Crippen LogP contribution in [0.4, 0.5) is 0 Å². The van der Waals surface area contributed by atoms with Crippen LogP contribution in [0.25, 0.3) is 11.0 Å². The van der Waals surface area contributed by atoms with Gasteiger partial charge >= 0.3 is 0 Å². The molecule has 0 aliphatic rings. The van der Waals surface area contributed by atoms with Crippen LogP contribution in [0.1, 0.15) is 32.1 Å². The number of hydrogen-bond donors (Lipinski definition) is 3. The van der Waals surface area contributed by atoms with Gasteiger partial charge in [-0.2, -0.15) is 0 Å². The first-order valence-corrected chi connectivity index (χ1v) is 8.79. The number of fused-ring (bicyclic) bond motifs is 1. The summed E-state index contributed by atoms with van der Waals surface area (Å²) >= 11 is 0. The van der Waals surface area contributed by atoms with Gasteiger partial charge in [-0.25, -0.2) is 4.99 Å². The van der Waals surface area contributed by atoms with Crippen molar-refractivity contribution in [2.24, 2.45) is 10.9 Å². The van der Waals surface area contributed by atoms with Crippen molar-refractivity contribution in [3.8, 4) is 0 Å². The van der Waals surface area contributed by atoms with E-state index in [0.29, 0.717) is 25.6 Å². The Morgan fingerprint density at radius 2 is 1.88 bits per heavy atom. The molecule has 0 bridgehead atoms. The second-order valence-corrected chi connectivity index (χ2v) is 6.21. The molecule has 0 saturated heterocycles. The molecule has 1 heterocycles. The first-order chi connectivity index (χ1) is 12.0. The highest BCUT2D eigenvalue weighted by molar-refractivity contribution is 5.82. The number of aliphatic imine (C=N–C) groups is 1. The van der Waals surface area contributed by atoms with E-state index in [4.69, 9.17) is 4.42 Å². The molecule has 0 saturated carbocycles. The molecule has 1 aromatic carbocycles. The summed E-state index contributed by atoms with van der Waals surface area (Å²) < 4.78 is 5.89. The number of carbonyl (C=O) groups excluding carboxylic acids is 1. The largest absolute Gasteiger partial charge is 0.459 e. The zero-order valence-electron chi connectivity index (χ0n) is 15.5. The van der Waals surface area contributed by atoms with Crippen molar-refractivity contribution in [3.05, 3.63) is 35.6 Å². The SMILES string of the molecule is CCNC(=NCc1oc2ccccc2c1C)NCCNC(=O)C(C)C. The van der Waals surface area contributed by atoms with Crippen molar-refractivity contribution in [2.45, 2.75) is 34.2 Å². The number of guanidine groups is 1. The predicted molar refractivity (Wildman–Crippen MR) is 102 cm³/mol. The molecule has 0 radical (unpaired) electrons. The monoisotopic (exact) mass is 344 g/mol. The Labute approximate surface area is 149 Å². The second kappa shape index (κ2) is 9.11. The molecular weight excluding hydrogens is 316 g/mol. The predicted octanol–water partition coefficient (Wildman–Crippen LogP) is 2.57. The topological polar surface area (TPSA) is 78.7 Å². The fraction of sp³-hybridized carbons (Fsp3) is 0.474. The molecule has 2 aromatic rings. The molecule has 0 spiro atoms. The normalized spacial score (nSPS) is 11.8. The minimum absolute atomic E-state index is 0.00188. The summed E-state index contributed by atoms with van der Waals surface area (Å²) in [7, 11) is 0. The van der Waals surface area contributed by atoms with Gasteiger partial charge in [0, 0.05) is 36.5 Å². The van der Waals surface area contributed by atoms with Crippen molar-refractivity contribution in [1.82, 2.24) is 16.0 Å². The maximum Gasteiger partial charge on any atom is 0.222 e. The standard InChI is InChI=1S/C19H28N4O2/c1-5-20-19(22-11-10-21-18(24)13(2)3)23-12-17-14(4)15-8-6-7-9-16(15)25-17/h6-9,13H,5,10-12H2,1-4H3,(H,21,24)(H2,20,22,23). The van der Waals surface area contributed by atoms with Crippen LogP contribution in [0.5, 0.6) is 0 Å². The van der Waals surface area contributed by atoms with E-state index in [-0.39, 0.29) is 11.8 Å². The Bertz CT molecular complexity index is 734. The summed E-state index contributed by atoms with van der Waals surface area (Å²) in [4.78, 5) is 16.1. The number of aryl methyl sites for hydroxylation is 1. The van der Waals surface area contributed by atoms with Crippen LogP contribution in [0.2, 0.25) is 0 Å². The average molecular weight is 344 g/mol. The molecule has 3 N–H and O–H groups in total. The number of benzene rings is 1. The average Bonchev–Trinajstić information content (AvgIpc) is 2.92. The van der Waals surface area contributed by atoms with E-state index >= 15 is 0 Å². The molecular formula is C19H28N4O2. The van der Waals surface area contributed by atoms with Crippen LogP contribution in [0.3, 0.4) is 0 Å². The zero-order chi connectivity index (χ0) is 18.2. The highest BCUT2D eigenvalue weighted by atomic mass is 16.3. The van der Waals surface area contributed by atoms with E-state index < -0.39 is 0 Å². The number of hydrogen-bond acceptors (Lipinski definition) is 3. The Balaban J connectivity index is 1.94. The van der Waals surface area contributed by atoms with Crippen LogP contribution in [0.15, 0.2) is 33.7 Å². The van der Waals surface area contributed by atoms with Gasteiger partial charge in [0.1, 0.15) is 17.9 Å². The van der Waals surface area contributed by atoms with Crippen molar-refractivity contribution in [1.29, 1.82) is 0 Å². The zero-order valence-corrected chi connectivity index (χ0v) is 15.5. The van der Waals surface area contributed by atoms with Gasteiger partial charge in [-0.1, -0.05) is 32.0 Å². The number of carbonyl (C=O) groups is 1. The number of nitrogens with one attached hydrogen (secondary N) is 3. The molecule has 6 heteroatoms. The van der Waals surface area contributed by atoms with Crippen LogP contribution in [-0.2, 0) is 11.3 Å². The lowest BCUT2D eigenvalue weighted by Gasteiger charge is -2.12. The molecule has 0 unspecified atom stereocenters. The van der Waals surface area contributed by atoms with Gasteiger partial charge in [-0.3, -0.25) is 4.79 Å². The molecule has 25 heavy (non-hydrogen) atoms. The number of nitrogens with zero attached hydrogens (tertiary/aromatic N) is 1. The highest BCUT2D eigenvalue weighted by Crippen LogP contribution is 2.25. The molecule has 1 aromatic heterocycles. The molecule has 0 aliphatic carbocycles. The van der Waals surface area contributed by atoms with Gasteiger partial charge in [-0.15, -0.1) is 0 Å². The van der Waals surface area contributed by atoms with Crippen LogP contribution < -0.4 is 16.0 Å². The van der Waals surface area contributed by atoms with Crippen LogP contribution in [0, 0.1) is 12.8 Å². The Morgan fingerprint density at radius 1 is 1.16 bits per heavy atom. The highest BCUT2D eigenvalue weighted by Gasteiger charge is 2.10. The lowest BCUT2D eigenvalue weighted by molar-refractivity contribution is -0.123. The van der Waals surface area contributed by atoms with E-state index in [0.717, 1.165) is 28.8 Å². The Morgan fingerprint density at radius 3 is 2.56 bits per heavy atom. The first kappa shape index (κ1) is 18.8. The smallest absolute Gasteiger partial charge is 0.222 e. The van der Waals surface area contributed by atoms with E-state index in [1.807, 2.05) is 39.0 Å². The van der Waals surface area contributed by atoms with Crippen molar-refractivity contribution < 1.29 is 9.21 Å². The number of rotatable bonds is 7. The fourth-order valence-corrected chi connectivity index (χ4v) is 2.44. The van der Waals surface area contributed by atoms with Gasteiger partial charge < -0.3 is 20.4 Å². The summed E-state index contributed by atoms with van der Waals surface area (Å²) in [5, 5.41) is 10.4. The van der Waals surface area contributed by atoms with E-state index in [1.54, 1.807) is 0 Å². The van der Waals surface area contributed by atoms with E-state index in [1.165, 1.54) is 0 Å². The molecule has 0 fully saturated rings. The van der Waals surface area contributed by atoms with Gasteiger partial charge in [0.25, 0.3) is 0 Å².